The van der Waals surface area contributed by atoms with Gasteiger partial charge in [-0.05, 0) is 48.5 Å². The third-order valence-electron chi connectivity index (χ3n) is 5.81. The number of halogens is 1. The van der Waals surface area contributed by atoms with Crippen LogP contribution < -0.4 is 10.2 Å². The van der Waals surface area contributed by atoms with Crippen LogP contribution in [0.1, 0.15) is 20.9 Å². The van der Waals surface area contributed by atoms with E-state index in [1.807, 2.05) is 36.4 Å². The SMILES string of the molecule is O=C(Nc1ccc(N2CCN(C(=O)c3cc4ccccc4o3)CC2)cc1)c1ccccc1F. The lowest BCUT2D eigenvalue weighted by atomic mass is 10.2. The largest absolute Gasteiger partial charge is 0.451 e. The first-order valence-corrected chi connectivity index (χ1v) is 10.8. The third kappa shape index (κ3) is 4.30. The molecule has 7 heteroatoms. The van der Waals surface area contributed by atoms with Gasteiger partial charge in [0.15, 0.2) is 5.76 Å². The van der Waals surface area contributed by atoms with Gasteiger partial charge in [0.05, 0.1) is 5.56 Å². The quantitative estimate of drug-likeness (QED) is 0.493. The highest BCUT2D eigenvalue weighted by Crippen LogP contribution is 2.23. The predicted molar refractivity (Wildman–Crippen MR) is 125 cm³/mol. The summed E-state index contributed by atoms with van der Waals surface area (Å²) in [4.78, 5) is 29.1. The highest BCUT2D eigenvalue weighted by molar-refractivity contribution is 6.04. The van der Waals surface area contributed by atoms with Crippen molar-refractivity contribution in [2.75, 3.05) is 36.4 Å². The minimum absolute atomic E-state index is 0.00631. The van der Waals surface area contributed by atoms with E-state index in [2.05, 4.69) is 10.2 Å². The monoisotopic (exact) mass is 443 g/mol. The molecule has 1 aliphatic heterocycles. The maximum Gasteiger partial charge on any atom is 0.289 e. The third-order valence-corrected chi connectivity index (χ3v) is 5.81. The van der Waals surface area contributed by atoms with Gasteiger partial charge in [-0.25, -0.2) is 4.39 Å². The summed E-state index contributed by atoms with van der Waals surface area (Å²) >= 11 is 0. The van der Waals surface area contributed by atoms with Crippen molar-refractivity contribution in [3.63, 3.8) is 0 Å². The molecule has 33 heavy (non-hydrogen) atoms. The average Bonchev–Trinajstić information content (AvgIpc) is 3.29. The number of furan rings is 1. The van der Waals surface area contributed by atoms with E-state index in [1.165, 1.54) is 12.1 Å². The van der Waals surface area contributed by atoms with Crippen LogP contribution >= 0.6 is 0 Å². The zero-order valence-corrected chi connectivity index (χ0v) is 17.8. The van der Waals surface area contributed by atoms with Gasteiger partial charge in [0.2, 0.25) is 0 Å². The first-order chi connectivity index (χ1) is 16.1. The van der Waals surface area contributed by atoms with Crippen molar-refractivity contribution in [3.8, 4) is 0 Å². The molecule has 0 saturated carbocycles. The fourth-order valence-corrected chi connectivity index (χ4v) is 4.01. The Hall–Kier alpha value is -4.13. The second kappa shape index (κ2) is 8.78. The molecule has 0 aliphatic carbocycles. The first kappa shape index (κ1) is 20.8. The topological polar surface area (TPSA) is 65.8 Å². The Kier molecular flexibility index (Phi) is 5.52. The van der Waals surface area contributed by atoms with Crippen molar-refractivity contribution in [3.05, 3.63) is 96.0 Å². The Morgan fingerprint density at radius 1 is 0.848 bits per heavy atom. The molecule has 3 aromatic carbocycles. The van der Waals surface area contributed by atoms with E-state index in [-0.39, 0.29) is 11.5 Å². The van der Waals surface area contributed by atoms with Crippen molar-refractivity contribution in [2.24, 2.45) is 0 Å². The van der Waals surface area contributed by atoms with Crippen LogP contribution in [0.3, 0.4) is 0 Å². The molecule has 6 nitrogen and oxygen atoms in total. The number of carbonyl (C=O) groups excluding carboxylic acids is 2. The molecule has 1 N–H and O–H groups in total. The van der Waals surface area contributed by atoms with E-state index in [0.717, 1.165) is 11.1 Å². The van der Waals surface area contributed by atoms with Crippen molar-refractivity contribution >= 4 is 34.2 Å². The molecule has 2 amide bonds. The standard InChI is InChI=1S/C26H22FN3O3/c27-22-7-3-2-6-21(22)25(31)28-19-9-11-20(12-10-19)29-13-15-30(16-14-29)26(32)24-17-18-5-1-4-8-23(18)33-24/h1-12,17H,13-16H2,(H,28,31). The number of nitrogens with one attached hydrogen (secondary N) is 1. The van der Waals surface area contributed by atoms with Gasteiger partial charge in [0.25, 0.3) is 11.8 Å². The van der Waals surface area contributed by atoms with Gasteiger partial charge in [-0.3, -0.25) is 9.59 Å². The number of piperazine rings is 1. The minimum atomic E-state index is -0.554. The Bertz CT molecular complexity index is 1270. The number of anilines is 2. The molecular formula is C26H22FN3O3. The zero-order chi connectivity index (χ0) is 22.8. The van der Waals surface area contributed by atoms with Gasteiger partial charge in [0.1, 0.15) is 11.4 Å². The maximum absolute atomic E-state index is 13.8. The fourth-order valence-electron chi connectivity index (χ4n) is 4.01. The smallest absolute Gasteiger partial charge is 0.289 e. The van der Waals surface area contributed by atoms with Crippen LogP contribution in [0.2, 0.25) is 0 Å². The molecule has 0 unspecified atom stereocenters. The van der Waals surface area contributed by atoms with Crippen LogP contribution in [0.15, 0.2) is 83.3 Å². The lowest BCUT2D eigenvalue weighted by molar-refractivity contribution is 0.0717. The maximum atomic E-state index is 13.8. The normalized spacial score (nSPS) is 13.8. The highest BCUT2D eigenvalue weighted by Gasteiger charge is 2.24. The molecule has 1 fully saturated rings. The summed E-state index contributed by atoms with van der Waals surface area (Å²) in [6, 6.07) is 22.7. The number of fused-ring (bicyclic) bond motifs is 1. The number of hydrogen-bond acceptors (Lipinski definition) is 4. The van der Waals surface area contributed by atoms with Crippen LogP contribution in [-0.4, -0.2) is 42.9 Å². The van der Waals surface area contributed by atoms with E-state index in [0.29, 0.717) is 43.2 Å². The molecule has 0 spiro atoms. The summed E-state index contributed by atoms with van der Waals surface area (Å²) in [5.41, 5.74) is 2.30. The Labute approximate surface area is 190 Å². The summed E-state index contributed by atoms with van der Waals surface area (Å²) in [6.07, 6.45) is 0. The summed E-state index contributed by atoms with van der Waals surface area (Å²) < 4.78 is 19.5. The lowest BCUT2D eigenvalue weighted by Gasteiger charge is -2.35. The number of hydrogen-bond donors (Lipinski definition) is 1. The summed E-state index contributed by atoms with van der Waals surface area (Å²) in [5, 5.41) is 3.64. The van der Waals surface area contributed by atoms with Crippen molar-refractivity contribution in [1.29, 1.82) is 0 Å². The number of benzene rings is 3. The molecule has 4 aromatic rings. The van der Waals surface area contributed by atoms with E-state index in [4.69, 9.17) is 4.42 Å². The highest BCUT2D eigenvalue weighted by atomic mass is 19.1. The van der Waals surface area contributed by atoms with Crippen LogP contribution in [0.4, 0.5) is 15.8 Å². The van der Waals surface area contributed by atoms with Gasteiger partial charge >= 0.3 is 0 Å². The van der Waals surface area contributed by atoms with Crippen molar-refractivity contribution < 1.29 is 18.4 Å². The molecule has 5 rings (SSSR count). The van der Waals surface area contributed by atoms with E-state index in [9.17, 15) is 14.0 Å². The first-order valence-electron chi connectivity index (χ1n) is 10.8. The van der Waals surface area contributed by atoms with Crippen LogP contribution in [0.5, 0.6) is 0 Å². The molecule has 166 valence electrons. The van der Waals surface area contributed by atoms with E-state index >= 15 is 0 Å². The van der Waals surface area contributed by atoms with Gasteiger partial charge in [-0.2, -0.15) is 0 Å². The van der Waals surface area contributed by atoms with Gasteiger partial charge in [-0.15, -0.1) is 0 Å². The Morgan fingerprint density at radius 2 is 1.55 bits per heavy atom. The minimum Gasteiger partial charge on any atom is -0.451 e. The summed E-state index contributed by atoms with van der Waals surface area (Å²) in [7, 11) is 0. The zero-order valence-electron chi connectivity index (χ0n) is 17.8. The van der Waals surface area contributed by atoms with Crippen molar-refractivity contribution in [1.82, 2.24) is 4.90 Å². The number of amides is 2. The second-order valence-corrected chi connectivity index (χ2v) is 7.91. The second-order valence-electron chi connectivity index (χ2n) is 7.91. The van der Waals surface area contributed by atoms with Gasteiger partial charge < -0.3 is 19.5 Å². The number of carbonyl (C=O) groups is 2. The lowest BCUT2D eigenvalue weighted by Crippen LogP contribution is -2.48. The van der Waals surface area contributed by atoms with E-state index < -0.39 is 11.7 Å². The molecule has 2 heterocycles. The molecule has 1 saturated heterocycles. The number of nitrogens with zero attached hydrogens (tertiary/aromatic N) is 2. The van der Waals surface area contributed by atoms with Crippen LogP contribution in [-0.2, 0) is 0 Å². The molecule has 0 radical (unpaired) electrons. The predicted octanol–water partition coefficient (Wildman–Crippen LogP) is 4.79. The van der Waals surface area contributed by atoms with Gasteiger partial charge in [-0.1, -0.05) is 30.3 Å². The average molecular weight is 443 g/mol. The number of rotatable bonds is 4. The molecular weight excluding hydrogens is 421 g/mol. The Balaban J connectivity index is 1.19. The van der Waals surface area contributed by atoms with Crippen LogP contribution in [0, 0.1) is 5.82 Å². The number of para-hydroxylation sites is 1. The summed E-state index contributed by atoms with van der Waals surface area (Å²) in [5.74, 6) is -0.781. The molecule has 1 aliphatic rings. The summed E-state index contributed by atoms with van der Waals surface area (Å²) in [6.45, 7) is 2.54. The van der Waals surface area contributed by atoms with E-state index in [1.54, 1.807) is 35.2 Å². The molecule has 0 bridgehead atoms. The van der Waals surface area contributed by atoms with Crippen molar-refractivity contribution in [2.45, 2.75) is 0 Å². The fraction of sp³-hybridized carbons (Fsp3) is 0.154. The Morgan fingerprint density at radius 3 is 2.27 bits per heavy atom. The van der Waals surface area contributed by atoms with Crippen LogP contribution in [0.25, 0.3) is 11.0 Å². The molecule has 1 aromatic heterocycles. The van der Waals surface area contributed by atoms with Gasteiger partial charge in [0, 0.05) is 42.9 Å². The molecule has 0 atom stereocenters.